The van der Waals surface area contributed by atoms with Gasteiger partial charge in [0.25, 0.3) is 6.10 Å². The van der Waals surface area contributed by atoms with Crippen LogP contribution in [0.2, 0.25) is 0 Å². The van der Waals surface area contributed by atoms with Crippen molar-refractivity contribution < 1.29 is 28.9 Å². The van der Waals surface area contributed by atoms with Crippen molar-refractivity contribution in [3.8, 4) is 0 Å². The summed E-state index contributed by atoms with van der Waals surface area (Å²) in [4.78, 5) is 22.4. The molecule has 0 spiro atoms. The second-order valence-electron chi connectivity index (χ2n) is 4.52. The van der Waals surface area contributed by atoms with E-state index in [4.69, 9.17) is 25.1 Å². The molecule has 0 aliphatic heterocycles. The Kier molecular flexibility index (Phi) is 7.49. The Balaban J connectivity index is 4.15. The van der Waals surface area contributed by atoms with Crippen LogP contribution in [0.4, 0.5) is 0 Å². The summed E-state index contributed by atoms with van der Waals surface area (Å²) in [6.45, 7) is 5.82. The summed E-state index contributed by atoms with van der Waals surface area (Å²) in [6.07, 6.45) is -1.63. The normalized spacial score (nSPS) is 13.1. The number of carbonyl (C=O) groups is 2. The third-order valence-electron chi connectivity index (χ3n) is 1.62. The number of esters is 1. The van der Waals surface area contributed by atoms with Gasteiger partial charge in [-0.25, -0.2) is 9.59 Å². The van der Waals surface area contributed by atoms with Crippen LogP contribution in [0.5, 0.6) is 0 Å². The maximum absolute atomic E-state index is 11.5. The number of ether oxygens (including phenoxy) is 3. The van der Waals surface area contributed by atoms with Gasteiger partial charge in [0.05, 0.1) is 19.8 Å². The predicted molar refractivity (Wildman–Crippen MR) is 63.1 cm³/mol. The lowest BCUT2D eigenvalue weighted by molar-refractivity contribution is -0.178. The molecule has 18 heavy (non-hydrogen) atoms. The van der Waals surface area contributed by atoms with Crippen LogP contribution >= 0.6 is 0 Å². The van der Waals surface area contributed by atoms with E-state index in [1.54, 1.807) is 20.8 Å². The van der Waals surface area contributed by atoms with E-state index in [9.17, 15) is 9.59 Å². The number of rotatable bonds is 8. The minimum absolute atomic E-state index is 0.0176. The quantitative estimate of drug-likeness (QED) is 0.354. The maximum atomic E-state index is 11.5. The number of carboxylic acids is 1. The summed E-state index contributed by atoms with van der Waals surface area (Å²) in [7, 11) is 0. The van der Waals surface area contributed by atoms with Crippen molar-refractivity contribution in [3.05, 3.63) is 0 Å². The van der Waals surface area contributed by atoms with Crippen molar-refractivity contribution in [2.75, 3.05) is 26.4 Å². The summed E-state index contributed by atoms with van der Waals surface area (Å²) in [5.41, 5.74) is 4.44. The molecule has 7 heteroatoms. The second kappa shape index (κ2) is 8.02. The molecule has 0 amide bonds. The van der Waals surface area contributed by atoms with Gasteiger partial charge >= 0.3 is 11.9 Å². The van der Waals surface area contributed by atoms with E-state index in [0.29, 0.717) is 13.2 Å². The summed E-state index contributed by atoms with van der Waals surface area (Å²) < 4.78 is 14.9. The molecule has 0 heterocycles. The van der Waals surface area contributed by atoms with E-state index in [-0.39, 0.29) is 13.2 Å². The number of hydrogen-bond donors (Lipinski definition) is 2. The fourth-order valence-electron chi connectivity index (χ4n) is 1.01. The summed E-state index contributed by atoms with van der Waals surface area (Å²) in [6, 6.07) is 0. The number of carbonyl (C=O) groups excluding carboxylic acids is 1. The molecule has 7 nitrogen and oxygen atoms in total. The molecule has 1 atom stereocenters. The monoisotopic (exact) mass is 263 g/mol. The lowest BCUT2D eigenvalue weighted by Gasteiger charge is -2.22. The highest BCUT2D eigenvalue weighted by Gasteiger charge is 2.31. The van der Waals surface area contributed by atoms with E-state index in [1.165, 1.54) is 0 Å². The van der Waals surface area contributed by atoms with Gasteiger partial charge in [0.15, 0.2) is 0 Å². The fraction of sp³-hybridized carbons (Fsp3) is 0.818. The molecule has 106 valence electrons. The van der Waals surface area contributed by atoms with Crippen molar-refractivity contribution in [3.63, 3.8) is 0 Å². The summed E-state index contributed by atoms with van der Waals surface area (Å²) in [5.74, 6) is -2.31. The van der Waals surface area contributed by atoms with Gasteiger partial charge < -0.3 is 25.1 Å². The molecular weight excluding hydrogens is 242 g/mol. The van der Waals surface area contributed by atoms with Gasteiger partial charge in [0, 0.05) is 6.54 Å². The fourth-order valence-corrected chi connectivity index (χ4v) is 1.01. The Morgan fingerprint density at radius 2 is 1.83 bits per heavy atom. The van der Waals surface area contributed by atoms with Crippen LogP contribution in [0.3, 0.4) is 0 Å². The smallest absolute Gasteiger partial charge is 0.347 e. The molecule has 0 saturated carbocycles. The number of hydrogen-bond acceptors (Lipinski definition) is 6. The molecule has 0 aromatic heterocycles. The molecule has 0 aromatic carbocycles. The van der Waals surface area contributed by atoms with Gasteiger partial charge in [0.1, 0.15) is 5.60 Å². The standard InChI is InChI=1S/C11H21NO6/c1-11(2,3)18-10(15)8(9(13)14)17-7-6-16-5-4-12/h8H,4-7,12H2,1-3H3,(H,13,14). The summed E-state index contributed by atoms with van der Waals surface area (Å²) >= 11 is 0. The van der Waals surface area contributed by atoms with Crippen molar-refractivity contribution in [2.45, 2.75) is 32.5 Å². The zero-order chi connectivity index (χ0) is 14.2. The first-order chi connectivity index (χ1) is 8.28. The number of carboxylic acid groups (broad SMARTS) is 1. The molecule has 0 aliphatic carbocycles. The first-order valence-corrected chi connectivity index (χ1v) is 5.63. The molecule has 1 unspecified atom stereocenters. The van der Waals surface area contributed by atoms with Crippen LogP contribution in [-0.2, 0) is 23.8 Å². The van der Waals surface area contributed by atoms with Crippen LogP contribution in [0.25, 0.3) is 0 Å². The minimum atomic E-state index is -1.63. The lowest BCUT2D eigenvalue weighted by atomic mass is 10.2. The number of nitrogens with two attached hydrogens (primary N) is 1. The molecule has 0 aliphatic rings. The average molecular weight is 263 g/mol. The molecule has 0 rings (SSSR count). The largest absolute Gasteiger partial charge is 0.479 e. The molecule has 0 aromatic rings. The van der Waals surface area contributed by atoms with E-state index in [1.807, 2.05) is 0 Å². The van der Waals surface area contributed by atoms with E-state index in [0.717, 1.165) is 0 Å². The van der Waals surface area contributed by atoms with Gasteiger partial charge in [-0.15, -0.1) is 0 Å². The van der Waals surface area contributed by atoms with Gasteiger partial charge in [-0.05, 0) is 20.8 Å². The Morgan fingerprint density at radius 1 is 1.22 bits per heavy atom. The van der Waals surface area contributed by atoms with E-state index in [2.05, 4.69) is 0 Å². The van der Waals surface area contributed by atoms with Crippen LogP contribution < -0.4 is 5.73 Å². The highest BCUT2D eigenvalue weighted by molar-refractivity contribution is 5.97. The van der Waals surface area contributed by atoms with Crippen LogP contribution in [0.1, 0.15) is 20.8 Å². The van der Waals surface area contributed by atoms with Crippen molar-refractivity contribution in [1.82, 2.24) is 0 Å². The Morgan fingerprint density at radius 3 is 2.28 bits per heavy atom. The van der Waals surface area contributed by atoms with Crippen molar-refractivity contribution in [1.29, 1.82) is 0 Å². The Labute approximate surface area is 106 Å². The van der Waals surface area contributed by atoms with E-state index < -0.39 is 23.6 Å². The molecule has 0 saturated heterocycles. The van der Waals surface area contributed by atoms with Crippen LogP contribution in [-0.4, -0.2) is 55.1 Å². The maximum Gasteiger partial charge on any atom is 0.347 e. The van der Waals surface area contributed by atoms with Gasteiger partial charge in [-0.1, -0.05) is 0 Å². The van der Waals surface area contributed by atoms with Crippen molar-refractivity contribution in [2.24, 2.45) is 5.73 Å². The first-order valence-electron chi connectivity index (χ1n) is 5.63. The number of aliphatic carboxylic acids is 1. The third kappa shape index (κ3) is 7.99. The lowest BCUT2D eigenvalue weighted by Crippen LogP contribution is -2.39. The molecule has 0 bridgehead atoms. The highest BCUT2D eigenvalue weighted by atomic mass is 16.6. The average Bonchev–Trinajstić information content (AvgIpc) is 2.19. The third-order valence-corrected chi connectivity index (χ3v) is 1.62. The topological polar surface area (TPSA) is 108 Å². The minimum Gasteiger partial charge on any atom is -0.479 e. The first kappa shape index (κ1) is 16.8. The SMILES string of the molecule is CC(C)(C)OC(=O)C(OCCOCCN)C(=O)O. The van der Waals surface area contributed by atoms with E-state index >= 15 is 0 Å². The zero-order valence-corrected chi connectivity index (χ0v) is 11.0. The highest BCUT2D eigenvalue weighted by Crippen LogP contribution is 2.10. The molecular formula is C11H21NO6. The van der Waals surface area contributed by atoms with Gasteiger partial charge in [-0.3, -0.25) is 0 Å². The van der Waals surface area contributed by atoms with Gasteiger partial charge in [0.2, 0.25) is 0 Å². The Hall–Kier alpha value is -1.18. The van der Waals surface area contributed by atoms with Crippen molar-refractivity contribution >= 4 is 11.9 Å². The Bertz CT molecular complexity index is 273. The van der Waals surface area contributed by atoms with Crippen LogP contribution in [0, 0.1) is 0 Å². The molecule has 0 radical (unpaired) electrons. The predicted octanol–water partition coefficient (Wildman–Crippen LogP) is -0.227. The second-order valence-corrected chi connectivity index (χ2v) is 4.52. The zero-order valence-electron chi connectivity index (χ0n) is 11.0. The van der Waals surface area contributed by atoms with Crippen LogP contribution in [0.15, 0.2) is 0 Å². The summed E-state index contributed by atoms with van der Waals surface area (Å²) in [5, 5.41) is 8.86. The molecule has 3 N–H and O–H groups in total. The molecule has 0 fully saturated rings. The van der Waals surface area contributed by atoms with Gasteiger partial charge in [-0.2, -0.15) is 0 Å².